The Bertz CT molecular complexity index is 706. The van der Waals surface area contributed by atoms with E-state index in [4.69, 9.17) is 21.1 Å². The SMILES string of the molecule is COc1ccc(Cl)cc1NC(=O)Cc1ccc(OC(C)(C)C)cc1. The molecular weight excluding hydrogens is 326 g/mol. The van der Waals surface area contributed by atoms with Crippen molar-refractivity contribution in [1.82, 2.24) is 0 Å². The highest BCUT2D eigenvalue weighted by Crippen LogP contribution is 2.28. The van der Waals surface area contributed by atoms with Crippen LogP contribution in [0.15, 0.2) is 42.5 Å². The highest BCUT2D eigenvalue weighted by molar-refractivity contribution is 6.31. The van der Waals surface area contributed by atoms with Crippen molar-refractivity contribution in [1.29, 1.82) is 0 Å². The lowest BCUT2D eigenvalue weighted by atomic mass is 10.1. The van der Waals surface area contributed by atoms with Crippen LogP contribution in [0.5, 0.6) is 11.5 Å². The third kappa shape index (κ3) is 5.46. The largest absolute Gasteiger partial charge is 0.495 e. The van der Waals surface area contributed by atoms with Crippen LogP contribution < -0.4 is 14.8 Å². The van der Waals surface area contributed by atoms with Crippen LogP contribution in [-0.2, 0) is 11.2 Å². The van der Waals surface area contributed by atoms with Gasteiger partial charge in [0, 0.05) is 5.02 Å². The van der Waals surface area contributed by atoms with Gasteiger partial charge in [-0.15, -0.1) is 0 Å². The van der Waals surface area contributed by atoms with Crippen molar-refractivity contribution in [3.63, 3.8) is 0 Å². The number of amides is 1. The number of methoxy groups -OCH3 is 1. The van der Waals surface area contributed by atoms with Crippen molar-refractivity contribution in [2.24, 2.45) is 0 Å². The summed E-state index contributed by atoms with van der Waals surface area (Å²) in [4.78, 5) is 12.2. The summed E-state index contributed by atoms with van der Waals surface area (Å²) >= 11 is 5.97. The van der Waals surface area contributed by atoms with Crippen LogP contribution >= 0.6 is 11.6 Å². The molecule has 0 unspecified atom stereocenters. The summed E-state index contributed by atoms with van der Waals surface area (Å²) in [5.74, 6) is 1.21. The molecule has 0 atom stereocenters. The van der Waals surface area contributed by atoms with Gasteiger partial charge in [0.25, 0.3) is 0 Å². The van der Waals surface area contributed by atoms with Gasteiger partial charge in [0.2, 0.25) is 5.91 Å². The number of ether oxygens (including phenoxy) is 2. The van der Waals surface area contributed by atoms with Crippen LogP contribution in [0.4, 0.5) is 5.69 Å². The highest BCUT2D eigenvalue weighted by Gasteiger charge is 2.12. The molecule has 2 aromatic rings. The zero-order chi connectivity index (χ0) is 17.7. The molecule has 2 aromatic carbocycles. The zero-order valence-corrected chi connectivity index (χ0v) is 15.1. The maximum absolute atomic E-state index is 12.2. The molecule has 128 valence electrons. The number of hydrogen-bond donors (Lipinski definition) is 1. The topological polar surface area (TPSA) is 47.6 Å². The molecule has 0 aliphatic carbocycles. The van der Waals surface area contributed by atoms with E-state index in [2.05, 4.69) is 5.32 Å². The maximum Gasteiger partial charge on any atom is 0.228 e. The molecule has 0 spiro atoms. The predicted molar refractivity (Wildman–Crippen MR) is 97.2 cm³/mol. The number of halogens is 1. The van der Waals surface area contributed by atoms with Gasteiger partial charge in [0.1, 0.15) is 17.1 Å². The lowest BCUT2D eigenvalue weighted by molar-refractivity contribution is -0.115. The quantitative estimate of drug-likeness (QED) is 0.852. The summed E-state index contributed by atoms with van der Waals surface area (Å²) in [7, 11) is 1.55. The minimum atomic E-state index is -0.248. The minimum absolute atomic E-state index is 0.139. The first-order valence-corrected chi connectivity index (χ1v) is 8.06. The van der Waals surface area contributed by atoms with E-state index in [0.717, 1.165) is 11.3 Å². The third-order valence-corrected chi connectivity index (χ3v) is 3.38. The van der Waals surface area contributed by atoms with E-state index >= 15 is 0 Å². The standard InChI is InChI=1S/C19H22ClNO3/c1-19(2,3)24-15-8-5-13(6-9-15)11-18(22)21-16-12-14(20)7-10-17(16)23-4/h5-10,12H,11H2,1-4H3,(H,21,22). The Morgan fingerprint density at radius 3 is 2.38 bits per heavy atom. The van der Waals surface area contributed by atoms with Crippen molar-refractivity contribution in [2.75, 3.05) is 12.4 Å². The van der Waals surface area contributed by atoms with Crippen molar-refractivity contribution in [3.05, 3.63) is 53.1 Å². The number of rotatable bonds is 5. The number of nitrogens with one attached hydrogen (secondary N) is 1. The molecule has 0 saturated heterocycles. The van der Waals surface area contributed by atoms with Gasteiger partial charge in [0.05, 0.1) is 19.2 Å². The van der Waals surface area contributed by atoms with Crippen molar-refractivity contribution < 1.29 is 14.3 Å². The number of anilines is 1. The summed E-state index contributed by atoms with van der Waals surface area (Å²) < 4.78 is 11.0. The Labute approximate surface area is 147 Å². The number of benzene rings is 2. The predicted octanol–water partition coefficient (Wildman–Crippen LogP) is 4.71. The lowest BCUT2D eigenvalue weighted by Gasteiger charge is -2.21. The molecule has 24 heavy (non-hydrogen) atoms. The Hall–Kier alpha value is -2.20. The Morgan fingerprint density at radius 2 is 1.79 bits per heavy atom. The summed E-state index contributed by atoms with van der Waals surface area (Å²) in [6.45, 7) is 5.98. The van der Waals surface area contributed by atoms with E-state index in [1.807, 2.05) is 45.0 Å². The van der Waals surface area contributed by atoms with Crippen LogP contribution in [0.25, 0.3) is 0 Å². The van der Waals surface area contributed by atoms with Crippen LogP contribution in [0.3, 0.4) is 0 Å². The monoisotopic (exact) mass is 347 g/mol. The molecule has 0 fully saturated rings. The van der Waals surface area contributed by atoms with E-state index < -0.39 is 0 Å². The first-order chi connectivity index (χ1) is 11.3. The first-order valence-electron chi connectivity index (χ1n) is 7.68. The van der Waals surface area contributed by atoms with Gasteiger partial charge in [-0.1, -0.05) is 23.7 Å². The van der Waals surface area contributed by atoms with E-state index in [9.17, 15) is 4.79 Å². The number of hydrogen-bond acceptors (Lipinski definition) is 3. The van der Waals surface area contributed by atoms with E-state index in [1.54, 1.807) is 25.3 Å². The fraction of sp³-hybridized carbons (Fsp3) is 0.316. The van der Waals surface area contributed by atoms with Gasteiger partial charge in [-0.25, -0.2) is 0 Å². The van der Waals surface area contributed by atoms with E-state index in [1.165, 1.54) is 0 Å². The van der Waals surface area contributed by atoms with Gasteiger partial charge < -0.3 is 14.8 Å². The van der Waals surface area contributed by atoms with Crippen molar-refractivity contribution in [3.8, 4) is 11.5 Å². The number of carbonyl (C=O) groups excluding carboxylic acids is 1. The zero-order valence-electron chi connectivity index (χ0n) is 14.4. The summed E-state index contributed by atoms with van der Waals surface area (Å²) in [5.41, 5.74) is 1.21. The Morgan fingerprint density at radius 1 is 1.12 bits per heavy atom. The molecule has 0 aliphatic heterocycles. The molecule has 2 rings (SSSR count). The second-order valence-electron chi connectivity index (χ2n) is 6.43. The smallest absolute Gasteiger partial charge is 0.228 e. The molecule has 1 N–H and O–H groups in total. The fourth-order valence-corrected chi connectivity index (χ4v) is 2.36. The molecule has 0 saturated carbocycles. The second-order valence-corrected chi connectivity index (χ2v) is 6.86. The lowest BCUT2D eigenvalue weighted by Crippen LogP contribution is -2.22. The summed E-state index contributed by atoms with van der Waals surface area (Å²) in [6.07, 6.45) is 0.255. The summed E-state index contributed by atoms with van der Waals surface area (Å²) in [5, 5.41) is 3.36. The van der Waals surface area contributed by atoms with Gasteiger partial charge in [-0.2, -0.15) is 0 Å². The third-order valence-electron chi connectivity index (χ3n) is 3.15. The highest BCUT2D eigenvalue weighted by atomic mass is 35.5. The molecule has 1 amide bonds. The molecular formula is C19H22ClNO3. The van der Waals surface area contributed by atoms with Crippen LogP contribution in [-0.4, -0.2) is 18.6 Å². The first kappa shape index (κ1) is 18.1. The van der Waals surface area contributed by atoms with Crippen LogP contribution in [0.1, 0.15) is 26.3 Å². The maximum atomic E-state index is 12.2. The van der Waals surface area contributed by atoms with Gasteiger partial charge in [-0.3, -0.25) is 4.79 Å². The fourth-order valence-electron chi connectivity index (χ4n) is 2.19. The van der Waals surface area contributed by atoms with E-state index in [0.29, 0.717) is 16.5 Å². The molecule has 0 aliphatic rings. The second kappa shape index (κ2) is 7.58. The molecule has 0 radical (unpaired) electrons. The molecule has 4 nitrogen and oxygen atoms in total. The molecule has 0 bridgehead atoms. The molecule has 5 heteroatoms. The normalized spacial score (nSPS) is 11.0. The number of carbonyl (C=O) groups is 1. The van der Waals surface area contributed by atoms with E-state index in [-0.39, 0.29) is 17.9 Å². The van der Waals surface area contributed by atoms with Crippen molar-refractivity contribution >= 4 is 23.2 Å². The van der Waals surface area contributed by atoms with Crippen molar-refractivity contribution in [2.45, 2.75) is 32.8 Å². The Kier molecular flexibility index (Phi) is 5.73. The Balaban J connectivity index is 2.01. The molecule has 0 heterocycles. The van der Waals surface area contributed by atoms with Crippen LogP contribution in [0.2, 0.25) is 5.02 Å². The van der Waals surface area contributed by atoms with Crippen LogP contribution in [0, 0.1) is 0 Å². The van der Waals surface area contributed by atoms with Gasteiger partial charge in [-0.05, 0) is 56.7 Å². The average molecular weight is 348 g/mol. The molecule has 0 aromatic heterocycles. The average Bonchev–Trinajstić information content (AvgIpc) is 2.48. The minimum Gasteiger partial charge on any atom is -0.495 e. The summed E-state index contributed by atoms with van der Waals surface area (Å²) in [6, 6.07) is 12.6. The van der Waals surface area contributed by atoms with Gasteiger partial charge in [0.15, 0.2) is 0 Å². The van der Waals surface area contributed by atoms with Gasteiger partial charge >= 0.3 is 0 Å².